The van der Waals surface area contributed by atoms with Crippen LogP contribution in [0.5, 0.6) is 0 Å². The van der Waals surface area contributed by atoms with Gasteiger partial charge in [-0.15, -0.1) is 11.8 Å². The number of rotatable bonds is 4. The molecule has 88 valence electrons. The van der Waals surface area contributed by atoms with Crippen LogP contribution in [-0.2, 0) is 5.75 Å². The van der Waals surface area contributed by atoms with Gasteiger partial charge in [0.15, 0.2) is 0 Å². The number of nitrogens with zero attached hydrogens (tertiary/aromatic N) is 2. The van der Waals surface area contributed by atoms with Crippen molar-refractivity contribution < 1.29 is 0 Å². The Balaban J connectivity index is 1.95. The third-order valence-corrected chi connectivity index (χ3v) is 3.41. The van der Waals surface area contributed by atoms with Crippen molar-refractivity contribution >= 4 is 29.2 Å². The van der Waals surface area contributed by atoms with Crippen LogP contribution in [0.3, 0.4) is 0 Å². The number of halogens is 1. The lowest BCUT2D eigenvalue weighted by Crippen LogP contribution is -1.92. The van der Waals surface area contributed by atoms with Crippen molar-refractivity contribution in [3.8, 4) is 0 Å². The molecular weight excluding hydrogens is 254 g/mol. The van der Waals surface area contributed by atoms with E-state index in [2.05, 4.69) is 21.4 Å². The Labute approximate surface area is 110 Å². The summed E-state index contributed by atoms with van der Waals surface area (Å²) in [5.74, 6) is 1.73. The van der Waals surface area contributed by atoms with Crippen molar-refractivity contribution in [3.63, 3.8) is 0 Å². The van der Waals surface area contributed by atoms with E-state index in [1.54, 1.807) is 18.0 Å². The van der Waals surface area contributed by atoms with Gasteiger partial charge in [-0.05, 0) is 23.8 Å². The van der Waals surface area contributed by atoms with Gasteiger partial charge in [0, 0.05) is 25.2 Å². The second-order valence-electron chi connectivity index (χ2n) is 3.41. The van der Waals surface area contributed by atoms with Crippen molar-refractivity contribution in [3.05, 3.63) is 47.2 Å². The van der Waals surface area contributed by atoms with Crippen molar-refractivity contribution in [1.29, 1.82) is 0 Å². The summed E-state index contributed by atoms with van der Waals surface area (Å²) in [6.07, 6.45) is 3.53. The minimum Gasteiger partial charge on any atom is -0.373 e. The fraction of sp³-hybridized carbons (Fsp3) is 0.167. The van der Waals surface area contributed by atoms with Crippen LogP contribution >= 0.6 is 23.4 Å². The van der Waals surface area contributed by atoms with Crippen molar-refractivity contribution in [2.45, 2.75) is 10.8 Å². The van der Waals surface area contributed by atoms with E-state index in [-0.39, 0.29) is 0 Å². The second-order valence-corrected chi connectivity index (χ2v) is 4.84. The molecule has 0 aliphatic rings. The third-order valence-electron chi connectivity index (χ3n) is 2.17. The minimum absolute atomic E-state index is 0.661. The first-order valence-corrected chi connectivity index (χ1v) is 6.51. The first-order valence-electron chi connectivity index (χ1n) is 5.15. The quantitative estimate of drug-likeness (QED) is 0.859. The Kier molecular flexibility index (Phi) is 4.23. The molecule has 17 heavy (non-hydrogen) atoms. The summed E-state index contributed by atoms with van der Waals surface area (Å²) in [6, 6.07) is 7.79. The molecule has 0 saturated carbocycles. The summed E-state index contributed by atoms with van der Waals surface area (Å²) < 4.78 is 0. The lowest BCUT2D eigenvalue weighted by atomic mass is 10.3. The summed E-state index contributed by atoms with van der Waals surface area (Å²) >= 11 is 7.44. The summed E-state index contributed by atoms with van der Waals surface area (Å²) in [4.78, 5) is 8.48. The third kappa shape index (κ3) is 3.61. The lowest BCUT2D eigenvalue weighted by Gasteiger charge is -2.02. The summed E-state index contributed by atoms with van der Waals surface area (Å²) in [5.41, 5.74) is 1.17. The molecule has 0 atom stereocenters. The predicted octanol–water partition coefficient (Wildman–Crippen LogP) is 3.46. The highest BCUT2D eigenvalue weighted by molar-refractivity contribution is 7.98. The van der Waals surface area contributed by atoms with E-state index in [9.17, 15) is 0 Å². The number of aromatic nitrogens is 2. The van der Waals surface area contributed by atoms with Gasteiger partial charge in [0.1, 0.15) is 5.82 Å². The molecule has 2 heterocycles. The molecule has 0 aliphatic carbocycles. The zero-order chi connectivity index (χ0) is 12.1. The van der Waals surface area contributed by atoms with Gasteiger partial charge in [0.25, 0.3) is 0 Å². The summed E-state index contributed by atoms with van der Waals surface area (Å²) in [7, 11) is 1.86. The predicted molar refractivity (Wildman–Crippen MR) is 72.6 cm³/mol. The zero-order valence-electron chi connectivity index (χ0n) is 9.35. The molecule has 2 aromatic heterocycles. The molecule has 3 nitrogen and oxygen atoms in total. The average molecular weight is 266 g/mol. The number of hydrogen-bond acceptors (Lipinski definition) is 4. The number of anilines is 1. The van der Waals surface area contributed by atoms with Crippen LogP contribution in [0.25, 0.3) is 0 Å². The van der Waals surface area contributed by atoms with Gasteiger partial charge in [-0.1, -0.05) is 17.7 Å². The highest BCUT2D eigenvalue weighted by atomic mass is 35.5. The average Bonchev–Trinajstić information content (AvgIpc) is 2.39. The smallest absolute Gasteiger partial charge is 0.125 e. The molecule has 1 N–H and O–H groups in total. The SMILES string of the molecule is CNc1ccc(CSc2ccc(Cl)cn2)cn1. The number of nitrogens with one attached hydrogen (secondary N) is 1. The maximum Gasteiger partial charge on any atom is 0.125 e. The Bertz CT molecular complexity index is 470. The standard InChI is InChI=1S/C12H12ClN3S/c1-14-11-4-2-9(6-15-11)8-17-12-5-3-10(13)7-16-12/h2-7H,8H2,1H3,(H,14,15). The van der Waals surface area contributed by atoms with Crippen LogP contribution in [0, 0.1) is 0 Å². The second kappa shape index (κ2) is 5.89. The Morgan fingerprint density at radius 1 is 1.18 bits per heavy atom. The molecule has 0 unspecified atom stereocenters. The van der Waals surface area contributed by atoms with E-state index in [4.69, 9.17) is 11.6 Å². The monoisotopic (exact) mass is 265 g/mol. The largest absolute Gasteiger partial charge is 0.373 e. The Morgan fingerprint density at radius 3 is 2.65 bits per heavy atom. The first-order chi connectivity index (χ1) is 8.28. The number of pyridine rings is 2. The molecule has 0 radical (unpaired) electrons. The Morgan fingerprint density at radius 2 is 2.06 bits per heavy atom. The van der Waals surface area contributed by atoms with E-state index in [0.717, 1.165) is 16.6 Å². The van der Waals surface area contributed by atoms with E-state index in [1.807, 2.05) is 31.4 Å². The topological polar surface area (TPSA) is 37.8 Å². The summed E-state index contributed by atoms with van der Waals surface area (Å²) in [5, 5.41) is 4.62. The number of hydrogen-bond donors (Lipinski definition) is 1. The van der Waals surface area contributed by atoms with Gasteiger partial charge in [0.2, 0.25) is 0 Å². The molecule has 0 bridgehead atoms. The Hall–Kier alpha value is -1.26. The van der Waals surface area contributed by atoms with E-state index < -0.39 is 0 Å². The molecule has 0 saturated heterocycles. The van der Waals surface area contributed by atoms with Crippen LogP contribution in [0.15, 0.2) is 41.7 Å². The zero-order valence-corrected chi connectivity index (χ0v) is 10.9. The van der Waals surface area contributed by atoms with Gasteiger partial charge in [-0.3, -0.25) is 0 Å². The number of thioether (sulfide) groups is 1. The van der Waals surface area contributed by atoms with Crippen LogP contribution in [-0.4, -0.2) is 17.0 Å². The maximum atomic E-state index is 5.77. The first kappa shape index (κ1) is 12.2. The maximum absolute atomic E-state index is 5.77. The molecule has 0 spiro atoms. The van der Waals surface area contributed by atoms with Crippen LogP contribution in [0.1, 0.15) is 5.56 Å². The van der Waals surface area contributed by atoms with Gasteiger partial charge in [-0.25, -0.2) is 9.97 Å². The van der Waals surface area contributed by atoms with E-state index in [0.29, 0.717) is 5.02 Å². The van der Waals surface area contributed by atoms with Gasteiger partial charge >= 0.3 is 0 Å². The molecule has 0 aromatic carbocycles. The molecule has 2 rings (SSSR count). The van der Waals surface area contributed by atoms with Gasteiger partial charge < -0.3 is 5.32 Å². The highest BCUT2D eigenvalue weighted by Gasteiger charge is 1.98. The highest BCUT2D eigenvalue weighted by Crippen LogP contribution is 2.21. The van der Waals surface area contributed by atoms with E-state index in [1.165, 1.54) is 5.56 Å². The summed E-state index contributed by atoms with van der Waals surface area (Å²) in [6.45, 7) is 0. The fourth-order valence-corrected chi connectivity index (χ4v) is 2.15. The van der Waals surface area contributed by atoms with Crippen LogP contribution in [0.4, 0.5) is 5.82 Å². The van der Waals surface area contributed by atoms with E-state index >= 15 is 0 Å². The van der Waals surface area contributed by atoms with Gasteiger partial charge in [0.05, 0.1) is 10.0 Å². The molecule has 2 aromatic rings. The van der Waals surface area contributed by atoms with Crippen LogP contribution < -0.4 is 5.32 Å². The molecule has 0 aliphatic heterocycles. The van der Waals surface area contributed by atoms with Crippen molar-refractivity contribution in [2.24, 2.45) is 0 Å². The molecule has 5 heteroatoms. The molecule has 0 amide bonds. The minimum atomic E-state index is 0.661. The van der Waals surface area contributed by atoms with Crippen molar-refractivity contribution in [2.75, 3.05) is 12.4 Å². The molecular formula is C12H12ClN3S. The molecule has 0 fully saturated rings. The lowest BCUT2D eigenvalue weighted by molar-refractivity contribution is 1.13. The van der Waals surface area contributed by atoms with Gasteiger partial charge in [-0.2, -0.15) is 0 Å². The normalized spacial score (nSPS) is 10.2. The van der Waals surface area contributed by atoms with Crippen molar-refractivity contribution in [1.82, 2.24) is 9.97 Å². The fourth-order valence-electron chi connectivity index (χ4n) is 1.26. The van der Waals surface area contributed by atoms with Crippen LogP contribution in [0.2, 0.25) is 5.02 Å².